The first-order valence-electron chi connectivity index (χ1n) is 7.96. The molecule has 0 aliphatic heterocycles. The van der Waals surface area contributed by atoms with E-state index in [4.69, 9.17) is 0 Å². The van der Waals surface area contributed by atoms with Gasteiger partial charge in [0.05, 0.1) is 5.56 Å². The van der Waals surface area contributed by atoms with E-state index in [2.05, 4.69) is 25.6 Å². The third-order valence-electron chi connectivity index (χ3n) is 3.83. The first-order valence-corrected chi connectivity index (χ1v) is 7.96. The van der Waals surface area contributed by atoms with Gasteiger partial charge in [-0.15, -0.1) is 0 Å². The zero-order valence-corrected chi connectivity index (χ0v) is 14.2. The molecule has 1 amide bonds. The number of hydrogen-bond donors (Lipinski definition) is 2. The Morgan fingerprint density at radius 1 is 1.00 bits per heavy atom. The number of benzene rings is 1. The molecule has 0 spiro atoms. The molecule has 25 heavy (non-hydrogen) atoms. The molecule has 2 aromatic heterocycles. The van der Waals surface area contributed by atoms with E-state index in [0.717, 1.165) is 22.4 Å². The first-order chi connectivity index (χ1) is 12.1. The summed E-state index contributed by atoms with van der Waals surface area (Å²) in [7, 11) is 0. The molecular weight excluding hydrogens is 314 g/mol. The summed E-state index contributed by atoms with van der Waals surface area (Å²) in [4.78, 5) is 24.6. The molecule has 0 saturated heterocycles. The molecule has 2 N–H and O–H groups in total. The van der Waals surface area contributed by atoms with Gasteiger partial charge in [0.15, 0.2) is 0 Å². The monoisotopic (exact) mass is 333 g/mol. The lowest BCUT2D eigenvalue weighted by atomic mass is 10.1. The van der Waals surface area contributed by atoms with Crippen LogP contribution in [0.1, 0.15) is 27.0 Å². The van der Waals surface area contributed by atoms with Crippen LogP contribution in [-0.2, 0) is 6.54 Å². The molecule has 0 aliphatic rings. The van der Waals surface area contributed by atoms with Crippen LogP contribution in [0.3, 0.4) is 0 Å². The van der Waals surface area contributed by atoms with Crippen LogP contribution in [0.25, 0.3) is 0 Å². The second-order valence-corrected chi connectivity index (χ2v) is 5.73. The number of nitrogens with one attached hydrogen (secondary N) is 2. The highest BCUT2D eigenvalue weighted by molar-refractivity contribution is 5.93. The largest absolute Gasteiger partial charge is 0.348 e. The molecule has 0 radical (unpaired) electrons. The van der Waals surface area contributed by atoms with E-state index in [1.54, 1.807) is 12.4 Å². The molecule has 6 heteroatoms. The third kappa shape index (κ3) is 4.17. The Labute approximate surface area is 146 Å². The molecule has 126 valence electrons. The minimum Gasteiger partial charge on any atom is -0.348 e. The van der Waals surface area contributed by atoms with Crippen LogP contribution in [0, 0.1) is 13.8 Å². The van der Waals surface area contributed by atoms with Crippen LogP contribution in [0.4, 0.5) is 11.6 Å². The molecule has 3 rings (SSSR count). The summed E-state index contributed by atoms with van der Waals surface area (Å²) < 4.78 is 0. The molecule has 2 heterocycles. The summed E-state index contributed by atoms with van der Waals surface area (Å²) in [5.41, 5.74) is 4.61. The Morgan fingerprint density at radius 3 is 2.28 bits per heavy atom. The highest BCUT2D eigenvalue weighted by atomic mass is 16.1. The Kier molecular flexibility index (Phi) is 4.99. The molecule has 1 aromatic carbocycles. The standard InChI is InChI=1S/C19H19N5O/c1-13-4-3-5-14(2)17(13)24-19-22-11-16(12-23-19)18(25)21-10-15-6-8-20-9-7-15/h3-9,11-12H,10H2,1-2H3,(H,21,25)(H,22,23,24). The molecule has 0 saturated carbocycles. The molecule has 0 unspecified atom stereocenters. The molecule has 3 aromatic rings. The topological polar surface area (TPSA) is 79.8 Å². The SMILES string of the molecule is Cc1cccc(C)c1Nc1ncc(C(=O)NCc2ccncc2)cn1. The summed E-state index contributed by atoms with van der Waals surface area (Å²) in [6.07, 6.45) is 6.42. The van der Waals surface area contributed by atoms with Crippen molar-refractivity contribution in [3.8, 4) is 0 Å². The Morgan fingerprint density at radius 2 is 1.64 bits per heavy atom. The number of hydrogen-bond acceptors (Lipinski definition) is 5. The normalized spacial score (nSPS) is 10.3. The summed E-state index contributed by atoms with van der Waals surface area (Å²) in [5.74, 6) is 0.249. The number of anilines is 2. The fraction of sp³-hybridized carbons (Fsp3) is 0.158. The number of aromatic nitrogens is 3. The van der Waals surface area contributed by atoms with Crippen molar-refractivity contribution in [1.82, 2.24) is 20.3 Å². The molecule has 0 aliphatic carbocycles. The van der Waals surface area contributed by atoms with Gasteiger partial charge in [0, 0.05) is 37.0 Å². The van der Waals surface area contributed by atoms with Gasteiger partial charge >= 0.3 is 0 Å². The van der Waals surface area contributed by atoms with Crippen LogP contribution < -0.4 is 10.6 Å². The quantitative estimate of drug-likeness (QED) is 0.750. The Bertz CT molecular complexity index is 842. The maximum Gasteiger partial charge on any atom is 0.254 e. The molecular formula is C19H19N5O. The van der Waals surface area contributed by atoms with E-state index in [-0.39, 0.29) is 5.91 Å². The van der Waals surface area contributed by atoms with Gasteiger partial charge in [0.1, 0.15) is 0 Å². The van der Waals surface area contributed by atoms with Crippen molar-refractivity contribution >= 4 is 17.5 Å². The average Bonchev–Trinajstić information content (AvgIpc) is 2.64. The number of amides is 1. The zero-order valence-electron chi connectivity index (χ0n) is 14.2. The van der Waals surface area contributed by atoms with Gasteiger partial charge in [0.25, 0.3) is 5.91 Å². The fourth-order valence-electron chi connectivity index (χ4n) is 2.42. The number of nitrogens with zero attached hydrogens (tertiary/aromatic N) is 3. The predicted octanol–water partition coefficient (Wildman–Crippen LogP) is 3.16. The van der Waals surface area contributed by atoms with Crippen molar-refractivity contribution in [3.05, 3.63) is 77.4 Å². The molecule has 0 fully saturated rings. The van der Waals surface area contributed by atoms with Gasteiger partial charge in [-0.3, -0.25) is 9.78 Å². The minimum atomic E-state index is -0.213. The summed E-state index contributed by atoms with van der Waals surface area (Å²) >= 11 is 0. The van der Waals surface area contributed by atoms with Crippen LogP contribution in [0.2, 0.25) is 0 Å². The minimum absolute atomic E-state index is 0.213. The average molecular weight is 333 g/mol. The van der Waals surface area contributed by atoms with Gasteiger partial charge < -0.3 is 10.6 Å². The first kappa shape index (κ1) is 16.6. The second-order valence-electron chi connectivity index (χ2n) is 5.73. The maximum atomic E-state index is 12.2. The molecule has 6 nitrogen and oxygen atoms in total. The van der Waals surface area contributed by atoms with Crippen molar-refractivity contribution in [2.24, 2.45) is 0 Å². The van der Waals surface area contributed by atoms with Crippen molar-refractivity contribution in [1.29, 1.82) is 0 Å². The van der Waals surface area contributed by atoms with Gasteiger partial charge in [-0.05, 0) is 42.7 Å². The van der Waals surface area contributed by atoms with Crippen molar-refractivity contribution < 1.29 is 4.79 Å². The number of rotatable bonds is 5. The Hall–Kier alpha value is -3.28. The van der Waals surface area contributed by atoms with Crippen LogP contribution >= 0.6 is 0 Å². The molecule has 0 bridgehead atoms. The highest BCUT2D eigenvalue weighted by Crippen LogP contribution is 2.22. The third-order valence-corrected chi connectivity index (χ3v) is 3.83. The van der Waals surface area contributed by atoms with Gasteiger partial charge in [-0.1, -0.05) is 18.2 Å². The van der Waals surface area contributed by atoms with E-state index in [9.17, 15) is 4.79 Å². The lowest BCUT2D eigenvalue weighted by Gasteiger charge is -2.11. The second kappa shape index (κ2) is 7.53. The number of carbonyl (C=O) groups is 1. The van der Waals surface area contributed by atoms with Gasteiger partial charge in [-0.25, -0.2) is 9.97 Å². The lowest BCUT2D eigenvalue weighted by Crippen LogP contribution is -2.23. The van der Waals surface area contributed by atoms with E-state index in [1.807, 2.05) is 44.2 Å². The van der Waals surface area contributed by atoms with Crippen molar-refractivity contribution in [2.75, 3.05) is 5.32 Å². The summed E-state index contributed by atoms with van der Waals surface area (Å²) in [6, 6.07) is 9.77. The van der Waals surface area contributed by atoms with Crippen LogP contribution in [-0.4, -0.2) is 20.9 Å². The summed E-state index contributed by atoms with van der Waals surface area (Å²) in [6.45, 7) is 4.48. The highest BCUT2D eigenvalue weighted by Gasteiger charge is 2.08. The summed E-state index contributed by atoms with van der Waals surface area (Å²) in [5, 5.41) is 6.04. The van der Waals surface area contributed by atoms with E-state index >= 15 is 0 Å². The predicted molar refractivity (Wildman–Crippen MR) is 96.6 cm³/mol. The smallest absolute Gasteiger partial charge is 0.254 e. The van der Waals surface area contributed by atoms with Crippen LogP contribution in [0.5, 0.6) is 0 Å². The van der Waals surface area contributed by atoms with E-state index in [1.165, 1.54) is 12.4 Å². The van der Waals surface area contributed by atoms with Crippen molar-refractivity contribution in [2.45, 2.75) is 20.4 Å². The van der Waals surface area contributed by atoms with E-state index in [0.29, 0.717) is 18.1 Å². The van der Waals surface area contributed by atoms with Gasteiger partial charge in [-0.2, -0.15) is 0 Å². The maximum absolute atomic E-state index is 12.2. The lowest BCUT2D eigenvalue weighted by molar-refractivity contribution is 0.0950. The number of para-hydroxylation sites is 1. The van der Waals surface area contributed by atoms with Crippen molar-refractivity contribution in [3.63, 3.8) is 0 Å². The number of pyridine rings is 1. The number of carbonyl (C=O) groups excluding carboxylic acids is 1. The van der Waals surface area contributed by atoms with E-state index < -0.39 is 0 Å². The molecule has 0 atom stereocenters. The Balaban J connectivity index is 1.64. The fourth-order valence-corrected chi connectivity index (χ4v) is 2.42. The van der Waals surface area contributed by atoms with Crippen LogP contribution in [0.15, 0.2) is 55.1 Å². The number of aryl methyl sites for hydroxylation is 2. The zero-order chi connectivity index (χ0) is 17.6. The van der Waals surface area contributed by atoms with Gasteiger partial charge in [0.2, 0.25) is 5.95 Å².